The molecule has 2 N–H and O–H groups in total. The number of sulfonamides is 1. The average Bonchev–Trinajstić information content (AvgIpc) is 3.22. The van der Waals surface area contributed by atoms with Crippen molar-refractivity contribution < 1.29 is 32.2 Å². The third kappa shape index (κ3) is 6.22. The highest BCUT2D eigenvalue weighted by Crippen LogP contribution is 2.28. The summed E-state index contributed by atoms with van der Waals surface area (Å²) in [6, 6.07) is 7.94. The second-order valence-corrected chi connectivity index (χ2v) is 8.30. The van der Waals surface area contributed by atoms with Gasteiger partial charge in [-0.1, -0.05) is 6.07 Å². The van der Waals surface area contributed by atoms with Gasteiger partial charge in [-0.25, -0.2) is 13.1 Å². The Balaban J connectivity index is 1.77. The van der Waals surface area contributed by atoms with Crippen LogP contribution in [0.15, 0.2) is 39.9 Å². The predicted molar refractivity (Wildman–Crippen MR) is 103 cm³/mol. The number of amides is 1. The predicted octanol–water partition coefficient (Wildman–Crippen LogP) is 1.62. The number of anilines is 1. The maximum atomic E-state index is 12.0. The number of benzene rings is 1. The van der Waals surface area contributed by atoms with Crippen LogP contribution in [-0.4, -0.2) is 47.7 Å². The quantitative estimate of drug-likeness (QED) is 0.552. The summed E-state index contributed by atoms with van der Waals surface area (Å²) in [6.07, 6.45) is -0.208. The zero-order chi connectivity index (χ0) is 20.6. The van der Waals surface area contributed by atoms with E-state index in [2.05, 4.69) is 10.0 Å². The number of hydrogen-bond donors (Lipinski definition) is 2. The van der Waals surface area contributed by atoms with Crippen LogP contribution >= 0.6 is 11.3 Å². The van der Waals surface area contributed by atoms with Crippen LogP contribution in [0.3, 0.4) is 0 Å². The van der Waals surface area contributed by atoms with Gasteiger partial charge in [0.2, 0.25) is 10.0 Å². The molecule has 0 aliphatic carbocycles. The van der Waals surface area contributed by atoms with Gasteiger partial charge in [0.25, 0.3) is 5.91 Å². The first-order chi connectivity index (χ1) is 13.4. The van der Waals surface area contributed by atoms with Crippen LogP contribution in [0.5, 0.6) is 11.5 Å². The Hall–Kier alpha value is -2.63. The number of hydrogen-bond acceptors (Lipinski definition) is 8. The summed E-state index contributed by atoms with van der Waals surface area (Å²) >= 11 is 1.07. The molecule has 152 valence electrons. The summed E-state index contributed by atoms with van der Waals surface area (Å²) in [6.45, 7) is -0.652. The van der Waals surface area contributed by atoms with Gasteiger partial charge in [0.15, 0.2) is 6.61 Å². The first-order valence-corrected chi connectivity index (χ1v) is 10.4. The van der Waals surface area contributed by atoms with Crippen LogP contribution in [0.4, 0.5) is 5.69 Å². The molecule has 1 amide bonds. The van der Waals surface area contributed by atoms with E-state index in [9.17, 15) is 18.0 Å². The van der Waals surface area contributed by atoms with Crippen molar-refractivity contribution >= 4 is 38.9 Å². The minimum Gasteiger partial charge on any atom is -0.497 e. The average molecular weight is 428 g/mol. The number of rotatable bonds is 10. The van der Waals surface area contributed by atoms with Gasteiger partial charge in [-0.3, -0.25) is 9.59 Å². The molecule has 0 aliphatic rings. The summed E-state index contributed by atoms with van der Waals surface area (Å²) in [5.41, 5.74) is 0.367. The van der Waals surface area contributed by atoms with E-state index in [1.165, 1.54) is 20.3 Å². The van der Waals surface area contributed by atoms with Crippen molar-refractivity contribution in [1.29, 1.82) is 0 Å². The topological polar surface area (TPSA) is 120 Å². The second kappa shape index (κ2) is 10.1. The first-order valence-electron chi connectivity index (χ1n) is 8.06. The van der Waals surface area contributed by atoms with Gasteiger partial charge in [-0.15, -0.1) is 11.3 Å². The molecule has 0 saturated carbocycles. The van der Waals surface area contributed by atoms with Crippen LogP contribution in [-0.2, 0) is 24.3 Å². The van der Waals surface area contributed by atoms with Gasteiger partial charge in [0.1, 0.15) is 15.7 Å². The number of carbonyl (C=O) groups is 2. The maximum absolute atomic E-state index is 12.0. The molecule has 0 bridgehead atoms. The fraction of sp³-hybridized carbons (Fsp3) is 0.294. The van der Waals surface area contributed by atoms with E-state index < -0.39 is 28.5 Å². The maximum Gasteiger partial charge on any atom is 0.307 e. The Morgan fingerprint density at radius 2 is 1.93 bits per heavy atom. The van der Waals surface area contributed by atoms with Crippen LogP contribution < -0.4 is 19.5 Å². The summed E-state index contributed by atoms with van der Waals surface area (Å²) < 4.78 is 41.4. The molecule has 0 spiro atoms. The Labute approximate surface area is 166 Å². The monoisotopic (exact) mass is 428 g/mol. The lowest BCUT2D eigenvalue weighted by atomic mass is 10.2. The van der Waals surface area contributed by atoms with Crippen LogP contribution in [0.2, 0.25) is 0 Å². The lowest BCUT2D eigenvalue weighted by Crippen LogP contribution is -2.27. The van der Waals surface area contributed by atoms with Crippen LogP contribution in [0, 0.1) is 0 Å². The second-order valence-electron chi connectivity index (χ2n) is 5.35. The summed E-state index contributed by atoms with van der Waals surface area (Å²) in [7, 11) is -0.702. The number of carbonyl (C=O) groups excluding carboxylic acids is 2. The highest BCUT2D eigenvalue weighted by molar-refractivity contribution is 7.91. The number of methoxy groups -OCH3 is 2. The van der Waals surface area contributed by atoms with Crippen molar-refractivity contribution in [1.82, 2.24) is 4.72 Å². The van der Waals surface area contributed by atoms with E-state index in [1.807, 2.05) is 0 Å². The molecule has 2 aromatic rings. The third-order valence-corrected chi connectivity index (χ3v) is 6.28. The highest BCUT2D eigenvalue weighted by Gasteiger charge is 2.16. The Morgan fingerprint density at radius 1 is 1.14 bits per heavy atom. The molecule has 11 heteroatoms. The molecular formula is C17H20N2O7S2. The van der Waals surface area contributed by atoms with Gasteiger partial charge in [0.05, 0.1) is 26.3 Å². The smallest absolute Gasteiger partial charge is 0.307 e. The highest BCUT2D eigenvalue weighted by atomic mass is 32.2. The van der Waals surface area contributed by atoms with Crippen LogP contribution in [0.1, 0.15) is 6.42 Å². The molecule has 1 heterocycles. The van der Waals surface area contributed by atoms with E-state index in [-0.39, 0.29) is 17.2 Å². The minimum absolute atomic E-state index is 0.135. The fourth-order valence-corrected chi connectivity index (χ4v) is 4.16. The zero-order valence-electron chi connectivity index (χ0n) is 15.3. The third-order valence-electron chi connectivity index (χ3n) is 3.43. The van der Waals surface area contributed by atoms with Crippen molar-refractivity contribution in [3.05, 3.63) is 35.7 Å². The van der Waals surface area contributed by atoms with Crippen molar-refractivity contribution in [3.63, 3.8) is 0 Å². The Bertz CT molecular complexity index is 912. The molecule has 1 aromatic carbocycles. The molecule has 9 nitrogen and oxygen atoms in total. The van der Waals surface area contributed by atoms with Gasteiger partial charge in [-0.05, 0) is 23.6 Å². The lowest BCUT2D eigenvalue weighted by molar-refractivity contribution is -0.147. The van der Waals surface area contributed by atoms with Crippen LogP contribution in [0.25, 0.3) is 0 Å². The van der Waals surface area contributed by atoms with E-state index in [0.29, 0.717) is 17.2 Å². The molecule has 0 fully saturated rings. The fourth-order valence-electron chi connectivity index (χ4n) is 2.09. The van der Waals surface area contributed by atoms with E-state index in [0.717, 1.165) is 11.3 Å². The molecule has 0 saturated heterocycles. The molecule has 0 radical (unpaired) electrons. The van der Waals surface area contributed by atoms with E-state index in [4.69, 9.17) is 14.2 Å². The Morgan fingerprint density at radius 3 is 2.57 bits per heavy atom. The van der Waals surface area contributed by atoms with Gasteiger partial charge in [-0.2, -0.15) is 0 Å². The molecular weight excluding hydrogens is 408 g/mol. The van der Waals surface area contributed by atoms with Crippen molar-refractivity contribution in [2.75, 3.05) is 32.7 Å². The van der Waals surface area contributed by atoms with Gasteiger partial charge >= 0.3 is 5.97 Å². The number of esters is 1. The molecule has 28 heavy (non-hydrogen) atoms. The summed E-state index contributed by atoms with van der Waals surface area (Å²) in [5.74, 6) is -0.338. The number of nitrogens with one attached hydrogen (secondary N) is 2. The normalized spacial score (nSPS) is 10.9. The summed E-state index contributed by atoms with van der Waals surface area (Å²) in [5, 5.41) is 4.20. The van der Waals surface area contributed by atoms with E-state index >= 15 is 0 Å². The lowest BCUT2D eigenvalue weighted by Gasteiger charge is -2.12. The molecule has 0 atom stereocenters. The van der Waals surface area contributed by atoms with Crippen molar-refractivity contribution in [3.8, 4) is 11.5 Å². The van der Waals surface area contributed by atoms with Crippen molar-refractivity contribution in [2.45, 2.75) is 10.6 Å². The molecule has 0 aliphatic heterocycles. The van der Waals surface area contributed by atoms with Crippen molar-refractivity contribution in [2.24, 2.45) is 0 Å². The van der Waals surface area contributed by atoms with Gasteiger partial charge in [0, 0.05) is 12.6 Å². The zero-order valence-corrected chi connectivity index (χ0v) is 16.9. The number of thiophene rings is 1. The first kappa shape index (κ1) is 21.7. The minimum atomic E-state index is -3.64. The molecule has 1 aromatic heterocycles. The largest absolute Gasteiger partial charge is 0.497 e. The van der Waals surface area contributed by atoms with E-state index in [1.54, 1.807) is 29.6 Å². The SMILES string of the molecule is COc1ccc(OC)c(NC(=O)COC(=O)CCNS(=O)(=O)c2cccs2)c1. The standard InChI is InChI=1S/C17H20N2O7S2/c1-24-12-5-6-14(25-2)13(10-12)19-15(20)11-26-16(21)7-8-18-28(22,23)17-4-3-9-27-17/h3-6,9-10,18H,7-8,11H2,1-2H3,(H,19,20). The summed E-state index contributed by atoms with van der Waals surface area (Å²) in [4.78, 5) is 23.7. The molecule has 0 unspecified atom stereocenters. The Kier molecular flexibility index (Phi) is 7.79. The molecule has 2 rings (SSSR count). The number of ether oxygens (including phenoxy) is 3. The van der Waals surface area contributed by atoms with Gasteiger partial charge < -0.3 is 19.5 Å².